The quantitative estimate of drug-likeness (QED) is 0.712. The molecule has 1 heterocycles. The van der Waals surface area contributed by atoms with E-state index in [0.717, 1.165) is 0 Å². The smallest absolute Gasteiger partial charge is 0.257 e. The first-order valence-corrected chi connectivity index (χ1v) is 8.58. The highest BCUT2D eigenvalue weighted by molar-refractivity contribution is 6.04. The number of anilines is 1. The molecule has 1 aromatic heterocycles. The van der Waals surface area contributed by atoms with E-state index in [9.17, 15) is 4.79 Å². The van der Waals surface area contributed by atoms with Gasteiger partial charge >= 0.3 is 0 Å². The lowest BCUT2D eigenvalue weighted by atomic mass is 10.2. The van der Waals surface area contributed by atoms with Crippen molar-refractivity contribution in [3.63, 3.8) is 0 Å². The highest BCUT2D eigenvalue weighted by Crippen LogP contribution is 2.29. The Hall–Kier alpha value is -2.80. The fourth-order valence-electron chi connectivity index (χ4n) is 2.21. The molecule has 1 amide bonds. The molecule has 0 saturated carbocycles. The monoisotopic (exact) mass is 374 g/mol. The van der Waals surface area contributed by atoms with Crippen LogP contribution in [-0.4, -0.2) is 43.9 Å². The average molecular weight is 374 g/mol. The van der Waals surface area contributed by atoms with Gasteiger partial charge in [-0.15, -0.1) is 0 Å². The van der Waals surface area contributed by atoms with Gasteiger partial charge in [-0.05, 0) is 39.0 Å². The number of hydrogen-bond acceptors (Lipinski definition) is 6. The second-order valence-electron chi connectivity index (χ2n) is 6.72. The molecule has 2 rings (SSSR count). The van der Waals surface area contributed by atoms with E-state index in [1.165, 1.54) is 6.20 Å². The predicted octanol–water partition coefficient (Wildman–Crippen LogP) is 3.55. The number of ether oxygens (including phenoxy) is 4. The van der Waals surface area contributed by atoms with Crippen molar-refractivity contribution >= 4 is 11.6 Å². The number of nitrogens with one attached hydrogen (secondary N) is 1. The molecule has 2 aromatic rings. The molecule has 0 aliphatic heterocycles. The van der Waals surface area contributed by atoms with Crippen molar-refractivity contribution in [2.24, 2.45) is 0 Å². The Kier molecular flexibility index (Phi) is 7.01. The number of methoxy groups -OCH3 is 2. The van der Waals surface area contributed by atoms with Crippen LogP contribution in [0, 0.1) is 0 Å². The SMILES string of the molecule is COc1ccc(NC(=O)c2ccc(OCCOC(C)(C)C)nc2)cc1OC. The molecule has 1 N–H and O–H groups in total. The van der Waals surface area contributed by atoms with Crippen LogP contribution in [0.4, 0.5) is 5.69 Å². The molecule has 0 fully saturated rings. The Morgan fingerprint density at radius 3 is 2.37 bits per heavy atom. The van der Waals surface area contributed by atoms with Gasteiger partial charge in [-0.1, -0.05) is 0 Å². The zero-order chi connectivity index (χ0) is 19.9. The highest BCUT2D eigenvalue weighted by atomic mass is 16.5. The molecule has 7 heteroatoms. The number of nitrogens with zero attached hydrogens (tertiary/aromatic N) is 1. The highest BCUT2D eigenvalue weighted by Gasteiger charge is 2.11. The van der Waals surface area contributed by atoms with Gasteiger partial charge in [0, 0.05) is 24.0 Å². The van der Waals surface area contributed by atoms with E-state index < -0.39 is 0 Å². The minimum absolute atomic E-state index is 0.205. The van der Waals surface area contributed by atoms with Crippen LogP contribution in [0.25, 0.3) is 0 Å². The zero-order valence-electron chi connectivity index (χ0n) is 16.4. The number of carbonyl (C=O) groups is 1. The topological polar surface area (TPSA) is 78.9 Å². The summed E-state index contributed by atoms with van der Waals surface area (Å²) in [6.07, 6.45) is 1.47. The van der Waals surface area contributed by atoms with Gasteiger partial charge in [-0.25, -0.2) is 4.98 Å². The van der Waals surface area contributed by atoms with E-state index in [0.29, 0.717) is 41.8 Å². The lowest BCUT2D eigenvalue weighted by Crippen LogP contribution is -2.22. The molecule has 0 aliphatic carbocycles. The van der Waals surface area contributed by atoms with Gasteiger partial charge in [0.25, 0.3) is 5.91 Å². The summed E-state index contributed by atoms with van der Waals surface area (Å²) < 4.78 is 21.5. The molecule has 0 aliphatic rings. The van der Waals surface area contributed by atoms with Gasteiger partial charge in [-0.2, -0.15) is 0 Å². The zero-order valence-corrected chi connectivity index (χ0v) is 16.4. The molecular weight excluding hydrogens is 348 g/mol. The molecule has 27 heavy (non-hydrogen) atoms. The van der Waals surface area contributed by atoms with Crippen LogP contribution in [0.1, 0.15) is 31.1 Å². The van der Waals surface area contributed by atoms with Crippen molar-refractivity contribution < 1.29 is 23.7 Å². The summed E-state index contributed by atoms with van der Waals surface area (Å²) in [5.74, 6) is 1.29. The summed E-state index contributed by atoms with van der Waals surface area (Å²) in [6, 6.07) is 8.46. The largest absolute Gasteiger partial charge is 0.493 e. The Balaban J connectivity index is 1.92. The summed E-state index contributed by atoms with van der Waals surface area (Å²) >= 11 is 0. The van der Waals surface area contributed by atoms with Crippen LogP contribution in [0.15, 0.2) is 36.5 Å². The second-order valence-corrected chi connectivity index (χ2v) is 6.72. The molecule has 0 saturated heterocycles. The Morgan fingerprint density at radius 1 is 1.04 bits per heavy atom. The number of benzene rings is 1. The van der Waals surface area contributed by atoms with Crippen LogP contribution in [0.5, 0.6) is 17.4 Å². The van der Waals surface area contributed by atoms with Gasteiger partial charge < -0.3 is 24.3 Å². The van der Waals surface area contributed by atoms with Crippen molar-refractivity contribution in [3.8, 4) is 17.4 Å². The summed E-state index contributed by atoms with van der Waals surface area (Å²) in [7, 11) is 3.10. The summed E-state index contributed by atoms with van der Waals surface area (Å²) in [5, 5.41) is 2.80. The molecule has 0 spiro atoms. The van der Waals surface area contributed by atoms with Gasteiger partial charge in [-0.3, -0.25) is 4.79 Å². The number of carbonyl (C=O) groups excluding carboxylic acids is 1. The van der Waals surface area contributed by atoms with E-state index >= 15 is 0 Å². The number of amides is 1. The maximum Gasteiger partial charge on any atom is 0.257 e. The van der Waals surface area contributed by atoms with Crippen molar-refractivity contribution in [3.05, 3.63) is 42.1 Å². The van der Waals surface area contributed by atoms with E-state index in [4.69, 9.17) is 18.9 Å². The third kappa shape index (κ3) is 6.45. The lowest BCUT2D eigenvalue weighted by Gasteiger charge is -2.19. The summed E-state index contributed by atoms with van der Waals surface area (Å²) in [5.41, 5.74) is 0.809. The van der Waals surface area contributed by atoms with Gasteiger partial charge in [0.2, 0.25) is 5.88 Å². The average Bonchev–Trinajstić information content (AvgIpc) is 2.64. The van der Waals surface area contributed by atoms with Crippen LogP contribution in [0.2, 0.25) is 0 Å². The third-order valence-electron chi connectivity index (χ3n) is 3.51. The van der Waals surface area contributed by atoms with Crippen molar-refractivity contribution in [2.75, 3.05) is 32.8 Å². The second kappa shape index (κ2) is 9.23. The lowest BCUT2D eigenvalue weighted by molar-refractivity contribution is -0.0168. The van der Waals surface area contributed by atoms with Gasteiger partial charge in [0.1, 0.15) is 6.61 Å². The van der Waals surface area contributed by atoms with E-state index in [1.54, 1.807) is 44.6 Å². The minimum Gasteiger partial charge on any atom is -0.493 e. The minimum atomic E-state index is -0.280. The predicted molar refractivity (Wildman–Crippen MR) is 103 cm³/mol. The van der Waals surface area contributed by atoms with Crippen molar-refractivity contribution in [1.82, 2.24) is 4.98 Å². The molecular formula is C20H26N2O5. The summed E-state index contributed by atoms with van der Waals surface area (Å²) in [4.78, 5) is 16.5. The van der Waals surface area contributed by atoms with E-state index in [-0.39, 0.29) is 11.5 Å². The van der Waals surface area contributed by atoms with E-state index in [1.807, 2.05) is 20.8 Å². The maximum atomic E-state index is 12.4. The van der Waals surface area contributed by atoms with Crippen LogP contribution >= 0.6 is 0 Å². The number of hydrogen-bond donors (Lipinski definition) is 1. The first-order valence-electron chi connectivity index (χ1n) is 8.58. The van der Waals surface area contributed by atoms with Gasteiger partial charge in [0.15, 0.2) is 11.5 Å². The third-order valence-corrected chi connectivity index (χ3v) is 3.51. The Bertz CT molecular complexity index is 754. The van der Waals surface area contributed by atoms with Crippen LogP contribution < -0.4 is 19.5 Å². The Labute approximate surface area is 159 Å². The van der Waals surface area contributed by atoms with Crippen LogP contribution in [-0.2, 0) is 4.74 Å². The van der Waals surface area contributed by atoms with Crippen molar-refractivity contribution in [2.45, 2.75) is 26.4 Å². The van der Waals surface area contributed by atoms with Gasteiger partial charge in [0.05, 0.1) is 32.0 Å². The van der Waals surface area contributed by atoms with Crippen LogP contribution in [0.3, 0.4) is 0 Å². The maximum absolute atomic E-state index is 12.4. The van der Waals surface area contributed by atoms with E-state index in [2.05, 4.69) is 10.3 Å². The number of rotatable bonds is 8. The van der Waals surface area contributed by atoms with Crippen molar-refractivity contribution in [1.29, 1.82) is 0 Å². The first kappa shape index (κ1) is 20.5. The molecule has 0 atom stereocenters. The molecule has 0 unspecified atom stereocenters. The fraction of sp³-hybridized carbons (Fsp3) is 0.400. The number of aromatic nitrogens is 1. The molecule has 0 radical (unpaired) electrons. The standard InChI is InChI=1S/C20H26N2O5/c1-20(2,3)27-11-10-26-18-9-6-14(13-21-18)19(23)22-15-7-8-16(24-4)17(12-15)25-5/h6-9,12-13H,10-11H2,1-5H3,(H,22,23). The Morgan fingerprint density at radius 2 is 1.78 bits per heavy atom. The fourth-order valence-corrected chi connectivity index (χ4v) is 2.21. The normalized spacial score (nSPS) is 11.0. The first-order chi connectivity index (χ1) is 12.8. The number of pyridine rings is 1. The molecule has 146 valence electrons. The molecule has 0 bridgehead atoms. The summed E-state index contributed by atoms with van der Waals surface area (Å²) in [6.45, 7) is 6.80. The molecule has 7 nitrogen and oxygen atoms in total. The molecule has 1 aromatic carbocycles.